The molecular weight excluding hydrogens is 639 g/mol. The summed E-state index contributed by atoms with van der Waals surface area (Å²) in [5.74, 6) is -0.613. The molecule has 0 radical (unpaired) electrons. The van der Waals surface area contributed by atoms with Gasteiger partial charge in [0.1, 0.15) is 5.54 Å². The number of thiocarbonyl (C=S) groups is 1. The first-order valence-electron chi connectivity index (χ1n) is 16.4. The second-order valence-corrected chi connectivity index (χ2v) is 13.0. The molecule has 2 amide bonds. The van der Waals surface area contributed by atoms with Crippen molar-refractivity contribution in [3.63, 3.8) is 0 Å². The highest BCUT2D eigenvalue weighted by molar-refractivity contribution is 7.80. The van der Waals surface area contributed by atoms with Crippen LogP contribution in [-0.4, -0.2) is 71.7 Å². The molecule has 3 fully saturated rings. The molecule has 12 heteroatoms. The van der Waals surface area contributed by atoms with Crippen molar-refractivity contribution in [3.05, 3.63) is 95.6 Å². The summed E-state index contributed by atoms with van der Waals surface area (Å²) in [7, 11) is 0. The number of alkyl halides is 3. The molecule has 2 saturated heterocycles. The van der Waals surface area contributed by atoms with Gasteiger partial charge in [0.05, 0.1) is 31.4 Å². The zero-order valence-corrected chi connectivity index (χ0v) is 27.5. The highest BCUT2D eigenvalue weighted by atomic mass is 32.1. The van der Waals surface area contributed by atoms with Crippen molar-refractivity contribution >= 4 is 40.5 Å². The molecule has 0 unspecified atom stereocenters. The van der Waals surface area contributed by atoms with Gasteiger partial charge in [-0.25, -0.2) is 0 Å². The lowest BCUT2D eigenvalue weighted by Crippen LogP contribution is -2.61. The van der Waals surface area contributed by atoms with E-state index in [1.807, 2.05) is 54.6 Å². The Morgan fingerprint density at radius 3 is 2.25 bits per heavy atom. The molecule has 2 heterocycles. The standard InChI is InChI=1S/C36H40F3N5O3S/c37-36(38,39)28-11-9-26(10-12-28)23-44(32(45)25-43-24-31(41-34(43)48)27-7-3-1-4-8-27)35(17-5-2-6-18-35)33(46)40-29-13-15-30(16-14-29)42-19-21-47-22-20-42/h1,3-4,7-16,31H,2,5-6,17-25H2,(H,40,46)(H,41,48)/t31-/m0/s1. The van der Waals surface area contributed by atoms with Crippen LogP contribution in [0.4, 0.5) is 24.5 Å². The van der Waals surface area contributed by atoms with Gasteiger partial charge in [0.25, 0.3) is 0 Å². The zero-order valence-electron chi connectivity index (χ0n) is 26.7. The van der Waals surface area contributed by atoms with Crippen molar-refractivity contribution in [1.82, 2.24) is 15.1 Å². The van der Waals surface area contributed by atoms with Crippen molar-refractivity contribution in [2.45, 2.75) is 56.4 Å². The maximum Gasteiger partial charge on any atom is 0.416 e. The fraction of sp³-hybridized carbons (Fsp3) is 0.417. The summed E-state index contributed by atoms with van der Waals surface area (Å²) in [6.45, 7) is 3.28. The normalized spacial score (nSPS) is 19.5. The van der Waals surface area contributed by atoms with Crippen LogP contribution in [0.5, 0.6) is 0 Å². The largest absolute Gasteiger partial charge is 0.416 e. The molecule has 254 valence electrons. The monoisotopic (exact) mass is 679 g/mol. The van der Waals surface area contributed by atoms with Gasteiger partial charge in [0, 0.05) is 37.6 Å². The number of carbonyl (C=O) groups is 2. The van der Waals surface area contributed by atoms with Crippen LogP contribution < -0.4 is 15.5 Å². The van der Waals surface area contributed by atoms with Crippen LogP contribution in [0.1, 0.15) is 54.8 Å². The molecule has 3 aromatic carbocycles. The number of morpholine rings is 1. The minimum atomic E-state index is -4.48. The maximum absolute atomic E-state index is 14.4. The first kappa shape index (κ1) is 33.7. The van der Waals surface area contributed by atoms with Crippen molar-refractivity contribution in [2.75, 3.05) is 49.6 Å². The first-order chi connectivity index (χ1) is 23.1. The highest BCUT2D eigenvalue weighted by Gasteiger charge is 2.47. The molecule has 2 aliphatic heterocycles. The number of anilines is 2. The SMILES string of the molecule is O=C(CN1C[C@@H](c2ccccc2)NC1=S)N(Cc1ccc(C(F)(F)F)cc1)C1(C(=O)Nc2ccc(N3CCOCC3)cc2)CCCCC1. The van der Waals surface area contributed by atoms with Gasteiger partial charge in [0.2, 0.25) is 11.8 Å². The second-order valence-electron chi connectivity index (χ2n) is 12.7. The molecule has 0 aromatic heterocycles. The molecule has 3 aliphatic rings. The Labute approximate surface area is 284 Å². The molecule has 1 atom stereocenters. The Kier molecular flexibility index (Phi) is 10.2. The minimum absolute atomic E-state index is 0.0174. The Morgan fingerprint density at radius 2 is 1.60 bits per heavy atom. The van der Waals surface area contributed by atoms with E-state index in [-0.39, 0.29) is 30.9 Å². The minimum Gasteiger partial charge on any atom is -0.378 e. The van der Waals surface area contributed by atoms with Crippen molar-refractivity contribution in [3.8, 4) is 0 Å². The Hall–Kier alpha value is -4.16. The molecule has 48 heavy (non-hydrogen) atoms. The zero-order chi connectivity index (χ0) is 33.7. The summed E-state index contributed by atoms with van der Waals surface area (Å²) in [4.78, 5) is 34.4. The third-order valence-corrected chi connectivity index (χ3v) is 9.94. The number of hydrogen-bond acceptors (Lipinski definition) is 5. The molecule has 6 rings (SSSR count). The van der Waals surface area contributed by atoms with Crippen LogP contribution >= 0.6 is 12.2 Å². The van der Waals surface area contributed by atoms with E-state index in [0.29, 0.717) is 49.0 Å². The van der Waals surface area contributed by atoms with Crippen LogP contribution in [0, 0.1) is 0 Å². The Morgan fingerprint density at radius 1 is 0.938 bits per heavy atom. The van der Waals surface area contributed by atoms with Crippen LogP contribution in [0.15, 0.2) is 78.9 Å². The first-order valence-corrected chi connectivity index (χ1v) is 16.8. The van der Waals surface area contributed by atoms with Gasteiger partial charge in [-0.15, -0.1) is 0 Å². The number of nitrogens with zero attached hydrogens (tertiary/aromatic N) is 3. The maximum atomic E-state index is 14.4. The molecule has 1 aliphatic carbocycles. The van der Waals surface area contributed by atoms with Gasteiger partial charge in [-0.1, -0.05) is 61.7 Å². The lowest BCUT2D eigenvalue weighted by molar-refractivity contribution is -0.149. The van der Waals surface area contributed by atoms with Crippen LogP contribution in [0.3, 0.4) is 0 Å². The molecule has 3 aromatic rings. The van der Waals surface area contributed by atoms with E-state index < -0.39 is 17.3 Å². The summed E-state index contributed by atoms with van der Waals surface area (Å²) in [5, 5.41) is 6.82. The second kappa shape index (κ2) is 14.5. The van der Waals surface area contributed by atoms with Gasteiger partial charge in [-0.05, 0) is 72.6 Å². The molecule has 0 spiro atoms. The van der Waals surface area contributed by atoms with Gasteiger partial charge < -0.3 is 30.1 Å². The van der Waals surface area contributed by atoms with E-state index in [9.17, 15) is 22.8 Å². The molecular formula is C36H40F3N5O3S. The molecule has 0 bridgehead atoms. The number of rotatable bonds is 9. The Balaban J connectivity index is 1.27. The summed E-state index contributed by atoms with van der Waals surface area (Å²) in [6, 6.07) is 22.2. The predicted molar refractivity (Wildman–Crippen MR) is 182 cm³/mol. The number of benzene rings is 3. The van der Waals surface area contributed by atoms with Crippen molar-refractivity contribution < 1.29 is 27.5 Å². The lowest BCUT2D eigenvalue weighted by Gasteiger charge is -2.45. The van der Waals surface area contributed by atoms with E-state index in [1.54, 1.807) is 9.80 Å². The highest BCUT2D eigenvalue weighted by Crippen LogP contribution is 2.37. The van der Waals surface area contributed by atoms with Gasteiger partial charge in [-0.2, -0.15) is 13.2 Å². The summed E-state index contributed by atoms with van der Waals surface area (Å²) in [5.41, 5.74) is 1.23. The number of hydrogen-bond donors (Lipinski definition) is 2. The van der Waals surface area contributed by atoms with Gasteiger partial charge in [0.15, 0.2) is 5.11 Å². The van der Waals surface area contributed by atoms with Crippen LogP contribution in [0.25, 0.3) is 0 Å². The van der Waals surface area contributed by atoms with E-state index in [4.69, 9.17) is 17.0 Å². The topological polar surface area (TPSA) is 77.2 Å². The summed E-state index contributed by atoms with van der Waals surface area (Å²) in [6.07, 6.45) is -1.22. The predicted octanol–water partition coefficient (Wildman–Crippen LogP) is 6.14. The lowest BCUT2D eigenvalue weighted by atomic mass is 9.78. The number of halogens is 3. The van der Waals surface area contributed by atoms with E-state index in [0.717, 1.165) is 55.7 Å². The average molecular weight is 680 g/mol. The quantitative estimate of drug-likeness (QED) is 0.263. The third kappa shape index (κ3) is 7.60. The number of ether oxygens (including phenoxy) is 1. The summed E-state index contributed by atoms with van der Waals surface area (Å²) < 4.78 is 45.6. The van der Waals surface area contributed by atoms with E-state index >= 15 is 0 Å². The van der Waals surface area contributed by atoms with Crippen molar-refractivity contribution in [2.24, 2.45) is 0 Å². The van der Waals surface area contributed by atoms with E-state index in [1.165, 1.54) is 12.1 Å². The fourth-order valence-electron chi connectivity index (χ4n) is 6.89. The van der Waals surface area contributed by atoms with Crippen molar-refractivity contribution in [1.29, 1.82) is 0 Å². The summed E-state index contributed by atoms with van der Waals surface area (Å²) >= 11 is 5.63. The van der Waals surface area contributed by atoms with Gasteiger partial charge >= 0.3 is 6.18 Å². The van der Waals surface area contributed by atoms with E-state index in [2.05, 4.69) is 15.5 Å². The number of nitrogens with one attached hydrogen (secondary N) is 2. The fourth-order valence-corrected chi connectivity index (χ4v) is 7.17. The molecule has 1 saturated carbocycles. The number of amides is 2. The smallest absolute Gasteiger partial charge is 0.378 e. The Bertz CT molecular complexity index is 1580. The number of carbonyl (C=O) groups excluding carboxylic acids is 2. The molecule has 2 N–H and O–H groups in total. The third-order valence-electron chi connectivity index (χ3n) is 9.56. The van der Waals surface area contributed by atoms with Crippen LogP contribution in [0.2, 0.25) is 0 Å². The van der Waals surface area contributed by atoms with Crippen LogP contribution in [-0.2, 0) is 27.0 Å². The average Bonchev–Trinajstić information content (AvgIpc) is 3.47. The van der Waals surface area contributed by atoms with Gasteiger partial charge in [-0.3, -0.25) is 9.59 Å². The molecule has 8 nitrogen and oxygen atoms in total.